The predicted octanol–water partition coefficient (Wildman–Crippen LogP) is 3.04. The first-order chi connectivity index (χ1) is 7.11. The lowest BCUT2D eigenvalue weighted by atomic mass is 10.3. The summed E-state index contributed by atoms with van der Waals surface area (Å²) < 4.78 is 1.13. The second-order valence-corrected chi connectivity index (χ2v) is 4.71. The van der Waals surface area contributed by atoms with Gasteiger partial charge in [0.15, 0.2) is 0 Å². The lowest BCUT2D eigenvalue weighted by Crippen LogP contribution is -2.37. The van der Waals surface area contributed by atoms with Crippen molar-refractivity contribution in [2.24, 2.45) is 0 Å². The van der Waals surface area contributed by atoms with E-state index in [1.54, 1.807) is 0 Å². The fourth-order valence-corrected chi connectivity index (χ4v) is 1.40. The Kier molecular flexibility index (Phi) is 5.17. The Morgan fingerprint density at radius 3 is 2.60 bits per heavy atom. The lowest BCUT2D eigenvalue weighted by Gasteiger charge is -2.11. The summed E-state index contributed by atoms with van der Waals surface area (Å²) in [7, 11) is 0. The SMILES string of the molecule is C[C@H](CCl)NC(=O)Nc1ccc(I)cc1. The zero-order valence-electron chi connectivity index (χ0n) is 8.26. The van der Waals surface area contributed by atoms with E-state index in [2.05, 4.69) is 33.2 Å². The van der Waals surface area contributed by atoms with Gasteiger partial charge in [-0.25, -0.2) is 4.79 Å². The van der Waals surface area contributed by atoms with Crippen LogP contribution in [0, 0.1) is 3.57 Å². The minimum atomic E-state index is -0.232. The first-order valence-electron chi connectivity index (χ1n) is 4.51. The molecule has 2 N–H and O–H groups in total. The minimum Gasteiger partial charge on any atom is -0.334 e. The molecule has 0 unspecified atom stereocenters. The fraction of sp³-hybridized carbons (Fsp3) is 0.300. The van der Waals surface area contributed by atoms with Crippen LogP contribution in [0.15, 0.2) is 24.3 Å². The number of carbonyl (C=O) groups excluding carboxylic acids is 1. The van der Waals surface area contributed by atoms with Crippen molar-refractivity contribution in [1.82, 2.24) is 5.32 Å². The van der Waals surface area contributed by atoms with Gasteiger partial charge in [-0.3, -0.25) is 0 Å². The maximum atomic E-state index is 11.4. The summed E-state index contributed by atoms with van der Waals surface area (Å²) in [5.41, 5.74) is 0.773. The summed E-state index contributed by atoms with van der Waals surface area (Å²) in [5.74, 6) is 0.403. The summed E-state index contributed by atoms with van der Waals surface area (Å²) in [6, 6.07) is 7.31. The zero-order valence-corrected chi connectivity index (χ0v) is 11.2. The standard InChI is InChI=1S/C10H12ClIN2O/c1-7(6-11)13-10(15)14-9-4-2-8(12)3-5-9/h2-5,7H,6H2,1H3,(H2,13,14,15)/t7-/m1/s1. The molecule has 0 saturated carbocycles. The molecule has 1 atom stereocenters. The Morgan fingerprint density at radius 1 is 1.47 bits per heavy atom. The van der Waals surface area contributed by atoms with Gasteiger partial charge >= 0.3 is 6.03 Å². The average Bonchev–Trinajstić information content (AvgIpc) is 2.21. The number of hydrogen-bond donors (Lipinski definition) is 2. The van der Waals surface area contributed by atoms with Crippen LogP contribution in [0.1, 0.15) is 6.92 Å². The number of halogens is 2. The Labute approximate surface area is 108 Å². The quantitative estimate of drug-likeness (QED) is 0.645. The first-order valence-corrected chi connectivity index (χ1v) is 6.12. The van der Waals surface area contributed by atoms with Gasteiger partial charge in [0.05, 0.1) is 0 Å². The molecule has 0 radical (unpaired) electrons. The molecule has 0 fully saturated rings. The molecule has 0 aliphatic carbocycles. The third kappa shape index (κ3) is 4.70. The van der Waals surface area contributed by atoms with Crippen LogP contribution in [0.2, 0.25) is 0 Å². The van der Waals surface area contributed by atoms with E-state index in [1.165, 1.54) is 0 Å². The van der Waals surface area contributed by atoms with Crippen LogP contribution < -0.4 is 10.6 Å². The van der Waals surface area contributed by atoms with Crippen LogP contribution in [0.25, 0.3) is 0 Å². The van der Waals surface area contributed by atoms with Crippen molar-refractivity contribution in [3.63, 3.8) is 0 Å². The second-order valence-electron chi connectivity index (χ2n) is 3.16. The highest BCUT2D eigenvalue weighted by molar-refractivity contribution is 14.1. The molecular weight excluding hydrogens is 326 g/mol. The van der Waals surface area contributed by atoms with Gasteiger partial charge in [-0.2, -0.15) is 0 Å². The Bertz CT molecular complexity index is 329. The minimum absolute atomic E-state index is 0.0319. The first kappa shape index (κ1) is 12.6. The molecule has 0 aliphatic heterocycles. The molecule has 0 aliphatic rings. The fourth-order valence-electron chi connectivity index (χ4n) is 0.963. The molecular formula is C10H12ClIN2O. The highest BCUT2D eigenvalue weighted by Crippen LogP contribution is 2.10. The molecule has 0 bridgehead atoms. The molecule has 0 spiro atoms. The Hall–Kier alpha value is -0.490. The van der Waals surface area contributed by atoms with E-state index < -0.39 is 0 Å². The normalized spacial score (nSPS) is 11.9. The lowest BCUT2D eigenvalue weighted by molar-refractivity contribution is 0.250. The van der Waals surface area contributed by atoms with Crippen molar-refractivity contribution in [2.45, 2.75) is 13.0 Å². The summed E-state index contributed by atoms with van der Waals surface area (Å²) >= 11 is 7.79. The van der Waals surface area contributed by atoms with Gasteiger partial charge in [-0.15, -0.1) is 11.6 Å². The topological polar surface area (TPSA) is 41.1 Å². The molecule has 5 heteroatoms. The molecule has 0 aromatic heterocycles. The molecule has 82 valence electrons. The Balaban J connectivity index is 2.48. The molecule has 0 saturated heterocycles. The molecule has 0 heterocycles. The van der Waals surface area contributed by atoms with E-state index in [0.29, 0.717) is 5.88 Å². The van der Waals surface area contributed by atoms with Gasteiger partial charge < -0.3 is 10.6 Å². The monoisotopic (exact) mass is 338 g/mol. The van der Waals surface area contributed by atoms with Gasteiger partial charge in [0, 0.05) is 21.2 Å². The second kappa shape index (κ2) is 6.17. The number of nitrogens with one attached hydrogen (secondary N) is 2. The van der Waals surface area contributed by atoms with Crippen LogP contribution in [-0.4, -0.2) is 18.0 Å². The van der Waals surface area contributed by atoms with Crippen molar-refractivity contribution in [2.75, 3.05) is 11.2 Å². The maximum absolute atomic E-state index is 11.4. The van der Waals surface area contributed by atoms with Crippen molar-refractivity contribution < 1.29 is 4.79 Å². The average molecular weight is 339 g/mol. The predicted molar refractivity (Wildman–Crippen MR) is 71.5 cm³/mol. The number of anilines is 1. The van der Waals surface area contributed by atoms with Gasteiger partial charge in [-0.1, -0.05) is 0 Å². The van der Waals surface area contributed by atoms with E-state index in [4.69, 9.17) is 11.6 Å². The van der Waals surface area contributed by atoms with Crippen molar-refractivity contribution in [3.05, 3.63) is 27.8 Å². The summed E-state index contributed by atoms with van der Waals surface area (Å²) in [6.07, 6.45) is 0. The highest BCUT2D eigenvalue weighted by Gasteiger charge is 2.05. The highest BCUT2D eigenvalue weighted by atomic mass is 127. The summed E-state index contributed by atoms with van der Waals surface area (Å²) in [4.78, 5) is 11.4. The number of urea groups is 1. The largest absolute Gasteiger partial charge is 0.334 e. The van der Waals surface area contributed by atoms with Gasteiger partial charge in [-0.05, 0) is 53.8 Å². The van der Waals surface area contributed by atoms with E-state index in [-0.39, 0.29) is 12.1 Å². The van der Waals surface area contributed by atoms with E-state index in [9.17, 15) is 4.79 Å². The molecule has 1 rings (SSSR count). The third-order valence-corrected chi connectivity index (χ3v) is 2.89. The third-order valence-electron chi connectivity index (χ3n) is 1.71. The van der Waals surface area contributed by atoms with Crippen molar-refractivity contribution in [3.8, 4) is 0 Å². The number of amides is 2. The van der Waals surface area contributed by atoms with Crippen LogP contribution in [0.4, 0.5) is 10.5 Å². The molecule has 1 aromatic carbocycles. The van der Waals surface area contributed by atoms with Crippen LogP contribution >= 0.6 is 34.2 Å². The number of alkyl halides is 1. The summed E-state index contributed by atoms with van der Waals surface area (Å²) in [6.45, 7) is 1.85. The van der Waals surface area contributed by atoms with E-state index >= 15 is 0 Å². The summed E-state index contributed by atoms with van der Waals surface area (Å²) in [5, 5.41) is 5.43. The van der Waals surface area contributed by atoms with E-state index in [0.717, 1.165) is 9.26 Å². The van der Waals surface area contributed by atoms with Gasteiger partial charge in [0.2, 0.25) is 0 Å². The maximum Gasteiger partial charge on any atom is 0.319 e. The van der Waals surface area contributed by atoms with Crippen LogP contribution in [0.5, 0.6) is 0 Å². The van der Waals surface area contributed by atoms with E-state index in [1.807, 2.05) is 31.2 Å². The molecule has 2 amide bonds. The number of carbonyl (C=O) groups is 1. The molecule has 1 aromatic rings. The molecule has 3 nitrogen and oxygen atoms in total. The van der Waals surface area contributed by atoms with Crippen molar-refractivity contribution >= 4 is 45.9 Å². The van der Waals surface area contributed by atoms with Crippen LogP contribution in [0.3, 0.4) is 0 Å². The Morgan fingerprint density at radius 2 is 2.07 bits per heavy atom. The number of benzene rings is 1. The zero-order chi connectivity index (χ0) is 11.3. The number of rotatable bonds is 3. The smallest absolute Gasteiger partial charge is 0.319 e. The van der Waals surface area contributed by atoms with Gasteiger partial charge in [0.1, 0.15) is 0 Å². The van der Waals surface area contributed by atoms with Crippen molar-refractivity contribution in [1.29, 1.82) is 0 Å². The van der Waals surface area contributed by atoms with Gasteiger partial charge in [0.25, 0.3) is 0 Å². The van der Waals surface area contributed by atoms with Crippen LogP contribution in [-0.2, 0) is 0 Å². The molecule has 15 heavy (non-hydrogen) atoms. The number of hydrogen-bond acceptors (Lipinski definition) is 1.